The van der Waals surface area contributed by atoms with E-state index in [1.54, 1.807) is 18.2 Å². The van der Waals surface area contributed by atoms with E-state index in [1.807, 2.05) is 0 Å². The molecule has 138 valence electrons. The SMILES string of the molecule is CN1CC[C@H](CNC(=O)c2coc(COc3ccc4c(c3)OCO4)n2)C1. The van der Waals surface area contributed by atoms with Crippen LogP contribution in [0.15, 0.2) is 28.9 Å². The number of fused-ring (bicyclic) bond motifs is 1. The van der Waals surface area contributed by atoms with Gasteiger partial charge < -0.3 is 28.8 Å². The molecule has 1 amide bonds. The van der Waals surface area contributed by atoms with Crippen molar-refractivity contribution in [2.75, 3.05) is 33.5 Å². The predicted molar refractivity (Wildman–Crippen MR) is 91.3 cm³/mol. The van der Waals surface area contributed by atoms with Gasteiger partial charge in [-0.1, -0.05) is 0 Å². The summed E-state index contributed by atoms with van der Waals surface area (Å²) in [5.41, 5.74) is 0.264. The minimum Gasteiger partial charge on any atom is -0.484 e. The van der Waals surface area contributed by atoms with E-state index in [-0.39, 0.29) is 25.0 Å². The molecule has 1 atom stereocenters. The van der Waals surface area contributed by atoms with Crippen LogP contribution in [0.5, 0.6) is 17.2 Å². The summed E-state index contributed by atoms with van der Waals surface area (Å²) >= 11 is 0. The van der Waals surface area contributed by atoms with Crippen molar-refractivity contribution in [3.05, 3.63) is 36.0 Å². The number of rotatable bonds is 6. The minimum absolute atomic E-state index is 0.125. The Bertz CT molecular complexity index is 791. The molecule has 0 unspecified atom stereocenters. The summed E-state index contributed by atoms with van der Waals surface area (Å²) < 4.78 is 21.5. The molecule has 2 aliphatic rings. The van der Waals surface area contributed by atoms with Crippen LogP contribution in [0.2, 0.25) is 0 Å². The van der Waals surface area contributed by atoms with Crippen LogP contribution in [-0.2, 0) is 6.61 Å². The van der Waals surface area contributed by atoms with Gasteiger partial charge in [0.05, 0.1) is 0 Å². The van der Waals surface area contributed by atoms with Gasteiger partial charge in [0.2, 0.25) is 12.7 Å². The maximum absolute atomic E-state index is 12.2. The zero-order valence-electron chi connectivity index (χ0n) is 14.6. The first-order valence-electron chi connectivity index (χ1n) is 8.61. The maximum Gasteiger partial charge on any atom is 0.273 e. The highest BCUT2D eigenvalue weighted by Crippen LogP contribution is 2.35. The number of hydrogen-bond acceptors (Lipinski definition) is 7. The number of ether oxygens (including phenoxy) is 3. The second-order valence-corrected chi connectivity index (χ2v) is 6.56. The van der Waals surface area contributed by atoms with E-state index in [9.17, 15) is 4.79 Å². The number of nitrogens with one attached hydrogen (secondary N) is 1. The van der Waals surface area contributed by atoms with Crippen molar-refractivity contribution in [2.24, 2.45) is 5.92 Å². The second kappa shape index (κ2) is 7.25. The molecule has 1 N–H and O–H groups in total. The largest absolute Gasteiger partial charge is 0.484 e. The van der Waals surface area contributed by atoms with Gasteiger partial charge in [0, 0.05) is 19.2 Å². The lowest BCUT2D eigenvalue weighted by molar-refractivity contribution is 0.0942. The first-order valence-corrected chi connectivity index (χ1v) is 8.61. The van der Waals surface area contributed by atoms with Crippen LogP contribution in [0.25, 0.3) is 0 Å². The highest BCUT2D eigenvalue weighted by molar-refractivity contribution is 5.91. The molecular formula is C18H21N3O5. The topological polar surface area (TPSA) is 86.1 Å². The number of carbonyl (C=O) groups is 1. The summed E-state index contributed by atoms with van der Waals surface area (Å²) in [6.07, 6.45) is 2.46. The Balaban J connectivity index is 1.28. The van der Waals surface area contributed by atoms with Gasteiger partial charge >= 0.3 is 0 Å². The van der Waals surface area contributed by atoms with Gasteiger partial charge in [-0.15, -0.1) is 0 Å². The van der Waals surface area contributed by atoms with E-state index in [0.29, 0.717) is 35.6 Å². The van der Waals surface area contributed by atoms with Crippen molar-refractivity contribution < 1.29 is 23.4 Å². The fraction of sp³-hybridized carbons (Fsp3) is 0.444. The van der Waals surface area contributed by atoms with Gasteiger partial charge in [-0.2, -0.15) is 0 Å². The monoisotopic (exact) mass is 359 g/mol. The van der Waals surface area contributed by atoms with E-state index < -0.39 is 0 Å². The molecule has 1 saturated heterocycles. The Morgan fingerprint density at radius 1 is 1.38 bits per heavy atom. The Hall–Kier alpha value is -2.74. The van der Waals surface area contributed by atoms with Crippen molar-refractivity contribution in [3.63, 3.8) is 0 Å². The van der Waals surface area contributed by atoms with Gasteiger partial charge in [-0.3, -0.25) is 4.79 Å². The Morgan fingerprint density at radius 3 is 3.12 bits per heavy atom. The number of nitrogens with zero attached hydrogens (tertiary/aromatic N) is 2. The van der Waals surface area contributed by atoms with Crippen molar-refractivity contribution in [1.29, 1.82) is 0 Å². The molecule has 1 aromatic heterocycles. The summed E-state index contributed by atoms with van der Waals surface area (Å²) in [6.45, 7) is 3.08. The van der Waals surface area contributed by atoms with Gasteiger partial charge in [-0.25, -0.2) is 4.98 Å². The molecule has 8 nitrogen and oxygen atoms in total. The normalized spacial score (nSPS) is 18.9. The number of likely N-dealkylation sites (tertiary alicyclic amines) is 1. The maximum atomic E-state index is 12.2. The fourth-order valence-corrected chi connectivity index (χ4v) is 3.11. The average Bonchev–Trinajstić information content (AvgIpc) is 3.38. The molecule has 8 heteroatoms. The standard InChI is InChI=1S/C18H21N3O5/c1-21-5-4-12(8-21)7-19-18(22)14-9-24-17(20-14)10-23-13-2-3-15-16(6-13)26-11-25-15/h2-3,6,9,12H,4-5,7-8,10-11H2,1H3,(H,19,22)/t12-/m1/s1. The third-order valence-electron chi connectivity index (χ3n) is 4.53. The first kappa shape index (κ1) is 16.7. The van der Waals surface area contributed by atoms with Gasteiger partial charge in [-0.05, 0) is 38.1 Å². The number of aromatic nitrogens is 1. The molecule has 1 fully saturated rings. The summed E-state index contributed by atoms with van der Waals surface area (Å²) in [5.74, 6) is 2.56. The molecule has 0 saturated carbocycles. The highest BCUT2D eigenvalue weighted by atomic mass is 16.7. The van der Waals surface area contributed by atoms with Gasteiger partial charge in [0.25, 0.3) is 5.91 Å². The second-order valence-electron chi connectivity index (χ2n) is 6.56. The smallest absolute Gasteiger partial charge is 0.273 e. The van der Waals surface area contributed by atoms with Gasteiger partial charge in [0.1, 0.15) is 12.0 Å². The van der Waals surface area contributed by atoms with Crippen LogP contribution in [0.4, 0.5) is 0 Å². The summed E-state index contributed by atoms with van der Waals surface area (Å²) in [5, 5.41) is 2.92. The number of carbonyl (C=O) groups excluding carboxylic acids is 1. The lowest BCUT2D eigenvalue weighted by atomic mass is 10.1. The molecule has 3 heterocycles. The zero-order valence-corrected chi connectivity index (χ0v) is 14.6. The molecule has 1 aromatic carbocycles. The minimum atomic E-state index is -0.224. The van der Waals surface area contributed by atoms with Gasteiger partial charge in [0.15, 0.2) is 23.8 Å². The van der Waals surface area contributed by atoms with Crippen LogP contribution in [0.3, 0.4) is 0 Å². The molecule has 2 aromatic rings. The van der Waals surface area contributed by atoms with E-state index in [2.05, 4.69) is 22.2 Å². The quantitative estimate of drug-likeness (QED) is 0.839. The average molecular weight is 359 g/mol. The lowest BCUT2D eigenvalue weighted by Crippen LogP contribution is -2.30. The Labute approximate surface area is 151 Å². The number of benzene rings is 1. The molecule has 26 heavy (non-hydrogen) atoms. The molecule has 2 aliphatic heterocycles. The number of hydrogen-bond donors (Lipinski definition) is 1. The van der Waals surface area contributed by atoms with E-state index in [0.717, 1.165) is 19.5 Å². The zero-order chi connectivity index (χ0) is 17.9. The highest BCUT2D eigenvalue weighted by Gasteiger charge is 2.21. The van der Waals surface area contributed by atoms with Crippen LogP contribution >= 0.6 is 0 Å². The Kier molecular flexibility index (Phi) is 4.66. The van der Waals surface area contributed by atoms with Crippen LogP contribution in [0.1, 0.15) is 22.8 Å². The van der Waals surface area contributed by atoms with Crippen LogP contribution < -0.4 is 19.5 Å². The third kappa shape index (κ3) is 3.75. The molecule has 0 bridgehead atoms. The van der Waals surface area contributed by atoms with Crippen molar-refractivity contribution in [1.82, 2.24) is 15.2 Å². The number of amides is 1. The van der Waals surface area contributed by atoms with Crippen molar-refractivity contribution in [3.8, 4) is 17.2 Å². The van der Waals surface area contributed by atoms with E-state index in [4.69, 9.17) is 18.6 Å². The number of oxazole rings is 1. The predicted octanol–water partition coefficient (Wildman–Crippen LogP) is 1.66. The van der Waals surface area contributed by atoms with E-state index in [1.165, 1.54) is 6.26 Å². The lowest BCUT2D eigenvalue weighted by Gasteiger charge is -2.10. The molecule has 0 aliphatic carbocycles. The van der Waals surface area contributed by atoms with Crippen molar-refractivity contribution in [2.45, 2.75) is 13.0 Å². The molecule has 4 rings (SSSR count). The first-order chi connectivity index (χ1) is 12.7. The Morgan fingerprint density at radius 2 is 2.27 bits per heavy atom. The van der Waals surface area contributed by atoms with Crippen LogP contribution in [0, 0.1) is 5.92 Å². The fourth-order valence-electron chi connectivity index (χ4n) is 3.11. The third-order valence-corrected chi connectivity index (χ3v) is 4.53. The molecule has 0 radical (unpaired) electrons. The van der Waals surface area contributed by atoms with Crippen molar-refractivity contribution >= 4 is 5.91 Å². The van der Waals surface area contributed by atoms with Crippen LogP contribution in [-0.4, -0.2) is 49.3 Å². The summed E-state index contributed by atoms with van der Waals surface area (Å²) in [4.78, 5) is 18.6. The summed E-state index contributed by atoms with van der Waals surface area (Å²) in [6, 6.07) is 5.31. The molecular weight excluding hydrogens is 338 g/mol. The van der Waals surface area contributed by atoms with E-state index >= 15 is 0 Å². The molecule has 0 spiro atoms. The summed E-state index contributed by atoms with van der Waals surface area (Å²) in [7, 11) is 2.09.